The maximum absolute atomic E-state index is 5.42. The molecule has 0 fully saturated rings. The van der Waals surface area contributed by atoms with Crippen molar-refractivity contribution < 1.29 is 0 Å². The first kappa shape index (κ1) is 12.3. The summed E-state index contributed by atoms with van der Waals surface area (Å²) in [5.41, 5.74) is 6.66. The molecule has 0 atom stereocenters. The van der Waals surface area contributed by atoms with E-state index in [0.717, 1.165) is 0 Å². The molecule has 15 heavy (non-hydrogen) atoms. The molecule has 0 aliphatic carbocycles. The average molecular weight is 221 g/mol. The molecule has 2 N–H and O–H groups in total. The Kier molecular flexibility index (Phi) is 6.21. The average Bonchev–Trinajstić information content (AvgIpc) is 2.27. The minimum atomic E-state index is 0.604. The predicted octanol–water partition coefficient (Wildman–Crippen LogP) is 3.55. The third kappa shape index (κ3) is 5.05. The fraction of sp³-hybridized carbons (Fsp3) is 0.385. The summed E-state index contributed by atoms with van der Waals surface area (Å²) in [5, 5.41) is 0. The van der Waals surface area contributed by atoms with Crippen molar-refractivity contribution in [1.82, 2.24) is 0 Å². The first-order chi connectivity index (χ1) is 7.36. The quantitative estimate of drug-likeness (QED) is 0.587. The number of benzene rings is 1. The maximum Gasteiger partial charge on any atom is 0.0110 e. The Hall–Kier alpha value is -0.730. The van der Waals surface area contributed by atoms with Gasteiger partial charge in [0, 0.05) is 11.4 Å². The largest absolute Gasteiger partial charge is 0.327 e. The molecule has 82 valence electrons. The van der Waals surface area contributed by atoms with Crippen LogP contribution in [0.5, 0.6) is 0 Å². The standard InChI is InChI=1S/C13H19NS/c1-2-3-10-15-13-8-4-6-12(11-13)7-5-9-14/h4-8,11H,2-3,9-10,14H2,1H3/b7-5+. The Labute approximate surface area is 96.8 Å². The van der Waals surface area contributed by atoms with Crippen LogP contribution in [0.15, 0.2) is 35.2 Å². The number of rotatable bonds is 6. The van der Waals surface area contributed by atoms with Crippen molar-refractivity contribution in [2.24, 2.45) is 5.73 Å². The van der Waals surface area contributed by atoms with Crippen LogP contribution in [0.3, 0.4) is 0 Å². The molecule has 0 aliphatic rings. The lowest BCUT2D eigenvalue weighted by Gasteiger charge is -2.01. The van der Waals surface area contributed by atoms with Crippen LogP contribution in [-0.2, 0) is 0 Å². The van der Waals surface area contributed by atoms with Crippen molar-refractivity contribution in [3.63, 3.8) is 0 Å². The fourth-order valence-corrected chi connectivity index (χ4v) is 2.31. The van der Waals surface area contributed by atoms with Gasteiger partial charge in [-0.3, -0.25) is 0 Å². The fourth-order valence-electron chi connectivity index (χ4n) is 1.25. The zero-order chi connectivity index (χ0) is 10.9. The van der Waals surface area contributed by atoms with Gasteiger partial charge in [-0.05, 0) is 29.9 Å². The molecule has 0 unspecified atom stereocenters. The van der Waals surface area contributed by atoms with Gasteiger partial charge in [0.25, 0.3) is 0 Å². The van der Waals surface area contributed by atoms with E-state index in [1.807, 2.05) is 17.8 Å². The van der Waals surface area contributed by atoms with Gasteiger partial charge < -0.3 is 5.73 Å². The Bertz CT molecular complexity index is 307. The van der Waals surface area contributed by atoms with E-state index >= 15 is 0 Å². The molecular formula is C13H19NS. The van der Waals surface area contributed by atoms with E-state index in [1.165, 1.54) is 29.1 Å². The second-order valence-electron chi connectivity index (χ2n) is 3.41. The lowest BCUT2D eigenvalue weighted by atomic mass is 10.2. The zero-order valence-corrected chi connectivity index (χ0v) is 10.1. The molecule has 0 aromatic heterocycles. The molecule has 1 aromatic rings. The van der Waals surface area contributed by atoms with E-state index in [9.17, 15) is 0 Å². The van der Waals surface area contributed by atoms with Crippen molar-refractivity contribution >= 4 is 17.8 Å². The van der Waals surface area contributed by atoms with Gasteiger partial charge in [-0.2, -0.15) is 0 Å². The second-order valence-corrected chi connectivity index (χ2v) is 4.58. The molecule has 0 amide bonds. The predicted molar refractivity (Wildman–Crippen MR) is 70.2 cm³/mol. The van der Waals surface area contributed by atoms with E-state index in [1.54, 1.807) is 0 Å². The summed E-state index contributed by atoms with van der Waals surface area (Å²) in [4.78, 5) is 1.35. The van der Waals surface area contributed by atoms with E-state index in [2.05, 4.69) is 37.3 Å². The van der Waals surface area contributed by atoms with Crippen LogP contribution in [-0.4, -0.2) is 12.3 Å². The minimum absolute atomic E-state index is 0.604. The Morgan fingerprint density at radius 2 is 2.27 bits per heavy atom. The summed E-state index contributed by atoms with van der Waals surface area (Å²) in [6.07, 6.45) is 6.60. The van der Waals surface area contributed by atoms with Crippen molar-refractivity contribution in [2.75, 3.05) is 12.3 Å². The Morgan fingerprint density at radius 3 is 3.00 bits per heavy atom. The molecule has 0 saturated heterocycles. The summed E-state index contributed by atoms with van der Waals surface area (Å²) >= 11 is 1.93. The molecule has 0 spiro atoms. The monoisotopic (exact) mass is 221 g/mol. The van der Waals surface area contributed by atoms with Crippen LogP contribution in [0.25, 0.3) is 6.08 Å². The van der Waals surface area contributed by atoms with Gasteiger partial charge in [-0.25, -0.2) is 0 Å². The Morgan fingerprint density at radius 1 is 1.40 bits per heavy atom. The van der Waals surface area contributed by atoms with Crippen LogP contribution in [0.1, 0.15) is 25.3 Å². The van der Waals surface area contributed by atoms with Crippen molar-refractivity contribution in [3.05, 3.63) is 35.9 Å². The number of hydrogen-bond acceptors (Lipinski definition) is 2. The van der Waals surface area contributed by atoms with Crippen LogP contribution in [0.2, 0.25) is 0 Å². The van der Waals surface area contributed by atoms with Crippen LogP contribution >= 0.6 is 11.8 Å². The van der Waals surface area contributed by atoms with Crippen LogP contribution < -0.4 is 5.73 Å². The molecule has 1 rings (SSSR count). The summed E-state index contributed by atoms with van der Waals surface area (Å²) in [7, 11) is 0. The van der Waals surface area contributed by atoms with Crippen LogP contribution in [0.4, 0.5) is 0 Å². The van der Waals surface area contributed by atoms with Gasteiger partial charge in [-0.1, -0.05) is 37.6 Å². The highest BCUT2D eigenvalue weighted by Crippen LogP contribution is 2.20. The molecule has 1 nitrogen and oxygen atoms in total. The third-order valence-electron chi connectivity index (χ3n) is 2.07. The maximum atomic E-state index is 5.42. The number of hydrogen-bond donors (Lipinski definition) is 1. The van der Waals surface area contributed by atoms with E-state index < -0.39 is 0 Å². The van der Waals surface area contributed by atoms with Gasteiger partial charge in [0.05, 0.1) is 0 Å². The van der Waals surface area contributed by atoms with Crippen molar-refractivity contribution in [3.8, 4) is 0 Å². The van der Waals surface area contributed by atoms with E-state index in [4.69, 9.17) is 5.73 Å². The van der Waals surface area contributed by atoms with Gasteiger partial charge in [0.1, 0.15) is 0 Å². The van der Waals surface area contributed by atoms with Gasteiger partial charge in [0.15, 0.2) is 0 Å². The minimum Gasteiger partial charge on any atom is -0.327 e. The summed E-state index contributed by atoms with van der Waals surface area (Å²) in [6, 6.07) is 8.59. The molecule has 0 radical (unpaired) electrons. The molecule has 1 aromatic carbocycles. The van der Waals surface area contributed by atoms with Crippen LogP contribution in [0, 0.1) is 0 Å². The zero-order valence-electron chi connectivity index (χ0n) is 9.28. The Balaban J connectivity index is 2.53. The highest BCUT2D eigenvalue weighted by molar-refractivity contribution is 7.99. The van der Waals surface area contributed by atoms with Gasteiger partial charge >= 0.3 is 0 Å². The number of nitrogens with two attached hydrogens (primary N) is 1. The van der Waals surface area contributed by atoms with Crippen molar-refractivity contribution in [2.45, 2.75) is 24.7 Å². The van der Waals surface area contributed by atoms with Gasteiger partial charge in [-0.15, -0.1) is 11.8 Å². The molecule has 0 saturated carbocycles. The first-order valence-electron chi connectivity index (χ1n) is 5.46. The highest BCUT2D eigenvalue weighted by Gasteiger charge is 1.94. The normalized spacial score (nSPS) is 11.1. The SMILES string of the molecule is CCCCSc1cccc(/C=C/CN)c1. The highest BCUT2D eigenvalue weighted by atomic mass is 32.2. The van der Waals surface area contributed by atoms with E-state index in [-0.39, 0.29) is 0 Å². The molecule has 0 heterocycles. The lowest BCUT2D eigenvalue weighted by molar-refractivity contribution is 0.896. The molecule has 2 heteroatoms. The summed E-state index contributed by atoms with van der Waals surface area (Å²) in [6.45, 7) is 2.83. The molecule has 0 aliphatic heterocycles. The van der Waals surface area contributed by atoms with E-state index in [0.29, 0.717) is 6.54 Å². The third-order valence-corrected chi connectivity index (χ3v) is 3.15. The summed E-state index contributed by atoms with van der Waals surface area (Å²) in [5.74, 6) is 1.21. The first-order valence-corrected chi connectivity index (χ1v) is 6.45. The topological polar surface area (TPSA) is 26.0 Å². The lowest BCUT2D eigenvalue weighted by Crippen LogP contribution is -1.91. The second kappa shape index (κ2) is 7.55. The number of thioether (sulfide) groups is 1. The summed E-state index contributed by atoms with van der Waals surface area (Å²) < 4.78 is 0. The number of unbranched alkanes of at least 4 members (excludes halogenated alkanes) is 1. The van der Waals surface area contributed by atoms with Gasteiger partial charge in [0.2, 0.25) is 0 Å². The van der Waals surface area contributed by atoms with Crippen molar-refractivity contribution in [1.29, 1.82) is 0 Å². The smallest absolute Gasteiger partial charge is 0.0110 e. The molecule has 0 bridgehead atoms. The molecular weight excluding hydrogens is 202 g/mol.